The molecule has 1 N–H and O–H groups in total. The van der Waals surface area contributed by atoms with E-state index in [1.807, 2.05) is 24.3 Å². The number of amides is 1. The Balaban J connectivity index is 1.69. The van der Waals surface area contributed by atoms with Crippen LogP contribution < -0.4 is 5.32 Å². The number of nitrogens with zero attached hydrogens (tertiary/aromatic N) is 1. The Labute approximate surface area is 203 Å². The molecule has 0 aliphatic rings. The number of furan rings is 1. The van der Waals surface area contributed by atoms with Gasteiger partial charge in [0.2, 0.25) is 11.8 Å². The number of hydrogen-bond acceptors (Lipinski definition) is 8. The summed E-state index contributed by atoms with van der Waals surface area (Å²) in [4.78, 5) is 41.7. The average molecular weight is 483 g/mol. The van der Waals surface area contributed by atoms with Crippen molar-refractivity contribution in [2.45, 2.75) is 53.4 Å². The number of nitrogens with one attached hydrogen (secondary N) is 1. The Morgan fingerprint density at radius 2 is 1.60 bits per heavy atom. The molecule has 0 spiro atoms. The van der Waals surface area contributed by atoms with Crippen molar-refractivity contribution in [2.24, 2.45) is 0 Å². The van der Waals surface area contributed by atoms with Gasteiger partial charge in [0.25, 0.3) is 0 Å². The Hall–Kier alpha value is -3.88. The predicted molar refractivity (Wildman–Crippen MR) is 128 cm³/mol. The fourth-order valence-electron chi connectivity index (χ4n) is 3.48. The van der Waals surface area contributed by atoms with Crippen LogP contribution in [0.1, 0.15) is 78.0 Å². The van der Waals surface area contributed by atoms with Crippen LogP contribution in [0.5, 0.6) is 0 Å². The Morgan fingerprint density at radius 1 is 0.971 bits per heavy atom. The highest BCUT2D eigenvalue weighted by molar-refractivity contribution is 6.09. The molecule has 0 bridgehead atoms. The first kappa shape index (κ1) is 25.7. The van der Waals surface area contributed by atoms with Gasteiger partial charge >= 0.3 is 11.9 Å². The molecule has 0 aliphatic carbocycles. The minimum atomic E-state index is -0.788. The number of anilines is 1. The van der Waals surface area contributed by atoms with Crippen molar-refractivity contribution in [1.82, 2.24) is 4.98 Å². The second kappa shape index (κ2) is 11.5. The molecule has 0 radical (unpaired) electrons. The predicted octanol–water partition coefficient (Wildman–Crippen LogP) is 5.29. The fraction of sp³-hybridized carbons (Fsp3) is 0.385. The van der Waals surface area contributed by atoms with E-state index in [1.54, 1.807) is 20.0 Å². The standard InChI is InChI=1S/C26H30N2O7/c1-6-32-25(30)22-16(5)34-24(23(22)26(31)33-7-2)28-20(29)12-13-21-27-14-19(35-21)18-10-8-17(9-11-18)15(3)4/h8-11,14-15H,6-7,12-13H2,1-5H3,(H,28,29). The first-order valence-electron chi connectivity index (χ1n) is 11.6. The lowest BCUT2D eigenvalue weighted by Crippen LogP contribution is -2.17. The monoisotopic (exact) mass is 482 g/mol. The second-order valence-electron chi connectivity index (χ2n) is 8.12. The Morgan fingerprint density at radius 3 is 2.20 bits per heavy atom. The molecular weight excluding hydrogens is 452 g/mol. The number of esters is 2. The lowest BCUT2D eigenvalue weighted by Gasteiger charge is -2.06. The van der Waals surface area contributed by atoms with Gasteiger partial charge in [-0.15, -0.1) is 0 Å². The number of aromatic nitrogens is 1. The van der Waals surface area contributed by atoms with Crippen molar-refractivity contribution >= 4 is 23.7 Å². The molecule has 0 unspecified atom stereocenters. The van der Waals surface area contributed by atoms with Gasteiger partial charge in [0.15, 0.2) is 11.7 Å². The number of hydrogen-bond donors (Lipinski definition) is 1. The number of aryl methyl sites for hydroxylation is 2. The highest BCUT2D eigenvalue weighted by Gasteiger charge is 2.31. The summed E-state index contributed by atoms with van der Waals surface area (Å²) in [5.74, 6) is -0.536. The number of oxazole rings is 1. The van der Waals surface area contributed by atoms with Gasteiger partial charge in [-0.1, -0.05) is 38.1 Å². The molecular formula is C26H30N2O7. The van der Waals surface area contributed by atoms with Crippen LogP contribution >= 0.6 is 0 Å². The van der Waals surface area contributed by atoms with Crippen molar-refractivity contribution in [3.63, 3.8) is 0 Å². The van der Waals surface area contributed by atoms with Gasteiger partial charge in [-0.05, 0) is 32.3 Å². The minimum absolute atomic E-state index is 0.0169. The van der Waals surface area contributed by atoms with Gasteiger partial charge in [-0.2, -0.15) is 0 Å². The van der Waals surface area contributed by atoms with Crippen LogP contribution in [0.3, 0.4) is 0 Å². The third-order valence-electron chi connectivity index (χ3n) is 5.28. The third kappa shape index (κ3) is 6.17. The highest BCUT2D eigenvalue weighted by Crippen LogP contribution is 2.29. The van der Waals surface area contributed by atoms with Gasteiger partial charge < -0.3 is 18.3 Å². The van der Waals surface area contributed by atoms with Crippen molar-refractivity contribution in [3.8, 4) is 11.3 Å². The van der Waals surface area contributed by atoms with Crippen LogP contribution in [0, 0.1) is 6.92 Å². The van der Waals surface area contributed by atoms with E-state index in [0.29, 0.717) is 17.6 Å². The molecule has 2 heterocycles. The highest BCUT2D eigenvalue weighted by atomic mass is 16.5. The summed E-state index contributed by atoms with van der Waals surface area (Å²) < 4.78 is 21.4. The van der Waals surface area contributed by atoms with Gasteiger partial charge in [0.1, 0.15) is 16.9 Å². The van der Waals surface area contributed by atoms with Gasteiger partial charge in [0, 0.05) is 18.4 Å². The zero-order chi connectivity index (χ0) is 25.5. The van der Waals surface area contributed by atoms with E-state index in [-0.39, 0.29) is 48.8 Å². The molecule has 3 rings (SSSR count). The van der Waals surface area contributed by atoms with Crippen LogP contribution in [0.4, 0.5) is 5.88 Å². The molecule has 1 aromatic carbocycles. The quantitative estimate of drug-likeness (QED) is 0.387. The largest absolute Gasteiger partial charge is 0.462 e. The van der Waals surface area contributed by atoms with E-state index in [9.17, 15) is 14.4 Å². The maximum atomic E-state index is 12.6. The molecule has 1 amide bonds. The van der Waals surface area contributed by atoms with Crippen LogP contribution in [0.15, 0.2) is 39.3 Å². The summed E-state index contributed by atoms with van der Waals surface area (Å²) in [6.07, 6.45) is 1.87. The SMILES string of the molecule is CCOC(=O)c1c(C)oc(NC(=O)CCc2ncc(-c3ccc(C(C)C)cc3)o2)c1C(=O)OCC. The molecule has 3 aromatic rings. The van der Waals surface area contributed by atoms with Crippen LogP contribution in [0.2, 0.25) is 0 Å². The number of rotatable bonds is 10. The van der Waals surface area contributed by atoms with E-state index in [2.05, 4.69) is 24.1 Å². The third-order valence-corrected chi connectivity index (χ3v) is 5.28. The molecule has 9 heteroatoms. The number of carbonyl (C=O) groups is 3. The van der Waals surface area contributed by atoms with Gasteiger partial charge in [-0.3, -0.25) is 10.1 Å². The summed E-state index contributed by atoms with van der Waals surface area (Å²) in [6.45, 7) is 9.25. The topological polar surface area (TPSA) is 121 Å². The average Bonchev–Trinajstić information content (AvgIpc) is 3.42. The van der Waals surface area contributed by atoms with E-state index < -0.39 is 17.8 Å². The lowest BCUT2D eigenvalue weighted by molar-refractivity contribution is -0.116. The Bertz CT molecular complexity index is 1190. The first-order chi connectivity index (χ1) is 16.7. The molecule has 0 atom stereocenters. The van der Waals surface area contributed by atoms with Crippen LogP contribution in [-0.2, 0) is 20.7 Å². The maximum Gasteiger partial charge on any atom is 0.344 e. The molecule has 0 aliphatic heterocycles. The van der Waals surface area contributed by atoms with Gasteiger partial charge in [-0.25, -0.2) is 14.6 Å². The summed E-state index contributed by atoms with van der Waals surface area (Å²) >= 11 is 0. The van der Waals surface area contributed by atoms with E-state index in [1.165, 1.54) is 12.5 Å². The molecule has 0 saturated carbocycles. The normalized spacial score (nSPS) is 10.9. The minimum Gasteiger partial charge on any atom is -0.462 e. The van der Waals surface area contributed by atoms with Gasteiger partial charge in [0.05, 0.1) is 19.4 Å². The fourth-order valence-corrected chi connectivity index (χ4v) is 3.48. The van der Waals surface area contributed by atoms with E-state index in [0.717, 1.165) is 5.56 Å². The molecule has 2 aromatic heterocycles. The summed E-state index contributed by atoms with van der Waals surface area (Å²) in [6, 6.07) is 8.05. The number of ether oxygens (including phenoxy) is 2. The number of carbonyl (C=O) groups excluding carboxylic acids is 3. The van der Waals surface area contributed by atoms with E-state index in [4.69, 9.17) is 18.3 Å². The lowest BCUT2D eigenvalue weighted by atomic mass is 10.0. The van der Waals surface area contributed by atoms with Crippen molar-refractivity contribution in [2.75, 3.05) is 18.5 Å². The maximum absolute atomic E-state index is 12.6. The number of benzene rings is 1. The molecule has 186 valence electrons. The Kier molecular flexibility index (Phi) is 8.46. The zero-order valence-corrected chi connectivity index (χ0v) is 20.6. The van der Waals surface area contributed by atoms with Crippen molar-refractivity contribution < 1.29 is 32.7 Å². The summed E-state index contributed by atoms with van der Waals surface area (Å²) in [5.41, 5.74) is 1.89. The van der Waals surface area contributed by atoms with Crippen LogP contribution in [0.25, 0.3) is 11.3 Å². The zero-order valence-electron chi connectivity index (χ0n) is 20.6. The molecule has 9 nitrogen and oxygen atoms in total. The van der Waals surface area contributed by atoms with Crippen LogP contribution in [-0.4, -0.2) is 36.0 Å². The van der Waals surface area contributed by atoms with E-state index >= 15 is 0 Å². The molecule has 0 fully saturated rings. The summed E-state index contributed by atoms with van der Waals surface area (Å²) in [5, 5.41) is 2.55. The molecule has 35 heavy (non-hydrogen) atoms. The van der Waals surface area contributed by atoms with Crippen molar-refractivity contribution in [3.05, 3.63) is 58.8 Å². The second-order valence-corrected chi connectivity index (χ2v) is 8.12. The summed E-state index contributed by atoms with van der Waals surface area (Å²) in [7, 11) is 0. The molecule has 0 saturated heterocycles. The van der Waals surface area contributed by atoms with Crippen molar-refractivity contribution in [1.29, 1.82) is 0 Å². The smallest absolute Gasteiger partial charge is 0.344 e. The first-order valence-corrected chi connectivity index (χ1v) is 11.6.